The minimum atomic E-state index is 0.604. The molecule has 0 amide bonds. The van der Waals surface area contributed by atoms with Gasteiger partial charge in [-0.2, -0.15) is 0 Å². The second-order valence-corrected chi connectivity index (χ2v) is 6.85. The predicted octanol–water partition coefficient (Wildman–Crippen LogP) is 3.35. The van der Waals surface area contributed by atoms with Gasteiger partial charge >= 0.3 is 0 Å². The SMILES string of the molecule is Cc1nc(C)c(-c2csc(C3CCCNC3)n2)s1. The lowest BCUT2D eigenvalue weighted by Crippen LogP contribution is -2.28. The zero-order valence-electron chi connectivity index (χ0n) is 10.7. The van der Waals surface area contributed by atoms with Crippen LogP contribution in [0.25, 0.3) is 10.6 Å². The van der Waals surface area contributed by atoms with Crippen LogP contribution in [0.2, 0.25) is 0 Å². The number of nitrogens with one attached hydrogen (secondary N) is 1. The highest BCUT2D eigenvalue weighted by atomic mass is 32.1. The molecule has 2 aromatic heterocycles. The Kier molecular flexibility index (Phi) is 3.46. The maximum Gasteiger partial charge on any atom is 0.0976 e. The van der Waals surface area contributed by atoms with Crippen LogP contribution in [0, 0.1) is 13.8 Å². The molecule has 1 fully saturated rings. The van der Waals surface area contributed by atoms with Crippen molar-refractivity contribution >= 4 is 22.7 Å². The molecule has 0 aliphatic carbocycles. The Morgan fingerprint density at radius 1 is 1.33 bits per heavy atom. The predicted molar refractivity (Wildman–Crippen MR) is 77.5 cm³/mol. The Morgan fingerprint density at radius 3 is 2.89 bits per heavy atom. The lowest BCUT2D eigenvalue weighted by molar-refractivity contribution is 0.460. The largest absolute Gasteiger partial charge is 0.316 e. The van der Waals surface area contributed by atoms with Crippen molar-refractivity contribution in [2.75, 3.05) is 13.1 Å². The van der Waals surface area contributed by atoms with Gasteiger partial charge in [-0.1, -0.05) is 0 Å². The summed E-state index contributed by atoms with van der Waals surface area (Å²) in [4.78, 5) is 10.5. The van der Waals surface area contributed by atoms with Crippen LogP contribution in [-0.4, -0.2) is 23.1 Å². The van der Waals surface area contributed by atoms with E-state index < -0.39 is 0 Å². The average Bonchev–Trinajstić information content (AvgIpc) is 2.97. The third-order valence-electron chi connectivity index (χ3n) is 3.30. The van der Waals surface area contributed by atoms with E-state index in [0.29, 0.717) is 5.92 Å². The average molecular weight is 279 g/mol. The Balaban J connectivity index is 1.86. The monoisotopic (exact) mass is 279 g/mol. The summed E-state index contributed by atoms with van der Waals surface area (Å²) >= 11 is 3.54. The van der Waals surface area contributed by atoms with Crippen molar-refractivity contribution in [3.63, 3.8) is 0 Å². The maximum absolute atomic E-state index is 4.83. The fraction of sp³-hybridized carbons (Fsp3) is 0.538. The first-order chi connectivity index (χ1) is 8.74. The minimum Gasteiger partial charge on any atom is -0.316 e. The summed E-state index contributed by atoms with van der Waals surface area (Å²) < 4.78 is 0. The molecule has 0 bridgehead atoms. The lowest BCUT2D eigenvalue weighted by Gasteiger charge is -2.20. The molecular weight excluding hydrogens is 262 g/mol. The molecule has 0 aromatic carbocycles. The van der Waals surface area contributed by atoms with Gasteiger partial charge in [0.15, 0.2) is 0 Å². The van der Waals surface area contributed by atoms with E-state index in [0.717, 1.165) is 29.5 Å². The van der Waals surface area contributed by atoms with Crippen LogP contribution >= 0.6 is 22.7 Å². The van der Waals surface area contributed by atoms with Crippen LogP contribution in [0.5, 0.6) is 0 Å². The lowest BCUT2D eigenvalue weighted by atomic mass is 10.0. The van der Waals surface area contributed by atoms with E-state index in [-0.39, 0.29) is 0 Å². The van der Waals surface area contributed by atoms with Crippen LogP contribution in [0.15, 0.2) is 5.38 Å². The number of aromatic nitrogens is 2. The molecule has 1 N–H and O–H groups in total. The summed E-state index contributed by atoms with van der Waals surface area (Å²) in [7, 11) is 0. The van der Waals surface area contributed by atoms with Crippen molar-refractivity contribution in [3.05, 3.63) is 21.1 Å². The highest BCUT2D eigenvalue weighted by Crippen LogP contribution is 2.33. The van der Waals surface area contributed by atoms with Gasteiger partial charge in [-0.05, 0) is 33.2 Å². The fourth-order valence-electron chi connectivity index (χ4n) is 2.41. The first-order valence-electron chi connectivity index (χ1n) is 6.34. The molecule has 1 saturated heterocycles. The van der Waals surface area contributed by atoms with Gasteiger partial charge in [0, 0.05) is 17.8 Å². The molecule has 1 unspecified atom stereocenters. The topological polar surface area (TPSA) is 37.8 Å². The van der Waals surface area contributed by atoms with Crippen molar-refractivity contribution in [3.8, 4) is 10.6 Å². The van der Waals surface area contributed by atoms with E-state index in [4.69, 9.17) is 4.98 Å². The second-order valence-electron chi connectivity index (χ2n) is 4.76. The Labute approximate surface area is 115 Å². The van der Waals surface area contributed by atoms with E-state index in [1.165, 1.54) is 22.7 Å². The molecule has 1 aliphatic rings. The summed E-state index contributed by atoms with van der Waals surface area (Å²) in [6, 6.07) is 0. The third-order valence-corrected chi connectivity index (χ3v) is 5.41. The molecule has 3 rings (SSSR count). The van der Waals surface area contributed by atoms with E-state index in [1.54, 1.807) is 22.7 Å². The zero-order valence-corrected chi connectivity index (χ0v) is 12.3. The molecule has 0 radical (unpaired) electrons. The van der Waals surface area contributed by atoms with Crippen LogP contribution in [0.1, 0.15) is 34.5 Å². The summed E-state index contributed by atoms with van der Waals surface area (Å²) in [5, 5.41) is 8.04. The van der Waals surface area contributed by atoms with E-state index in [9.17, 15) is 0 Å². The zero-order chi connectivity index (χ0) is 12.5. The summed E-state index contributed by atoms with van der Waals surface area (Å²) in [5.74, 6) is 0.604. The highest BCUT2D eigenvalue weighted by Gasteiger charge is 2.19. The number of piperidine rings is 1. The number of nitrogens with zero attached hydrogens (tertiary/aromatic N) is 2. The molecule has 5 heteroatoms. The van der Waals surface area contributed by atoms with Crippen LogP contribution in [-0.2, 0) is 0 Å². The van der Waals surface area contributed by atoms with E-state index in [1.807, 2.05) is 0 Å². The summed E-state index contributed by atoms with van der Waals surface area (Å²) in [6.07, 6.45) is 2.53. The molecule has 0 saturated carbocycles. The van der Waals surface area contributed by atoms with Crippen LogP contribution < -0.4 is 5.32 Å². The van der Waals surface area contributed by atoms with Gasteiger partial charge < -0.3 is 5.32 Å². The van der Waals surface area contributed by atoms with Crippen molar-refractivity contribution < 1.29 is 0 Å². The van der Waals surface area contributed by atoms with Gasteiger partial charge in [-0.15, -0.1) is 22.7 Å². The fourth-order valence-corrected chi connectivity index (χ4v) is 4.31. The molecule has 3 heterocycles. The molecule has 0 spiro atoms. The number of aryl methyl sites for hydroxylation is 2. The van der Waals surface area contributed by atoms with Crippen molar-refractivity contribution in [1.82, 2.24) is 15.3 Å². The van der Waals surface area contributed by atoms with Crippen LogP contribution in [0.4, 0.5) is 0 Å². The second kappa shape index (κ2) is 5.07. The third kappa shape index (κ3) is 2.35. The standard InChI is InChI=1S/C13H17N3S2/c1-8-12(18-9(2)15-8)11-7-17-13(16-11)10-4-3-5-14-6-10/h7,10,14H,3-6H2,1-2H3. The van der Waals surface area contributed by atoms with E-state index >= 15 is 0 Å². The Hall–Kier alpha value is -0.780. The smallest absolute Gasteiger partial charge is 0.0976 e. The number of hydrogen-bond donors (Lipinski definition) is 1. The van der Waals surface area contributed by atoms with Gasteiger partial charge in [0.1, 0.15) is 0 Å². The maximum atomic E-state index is 4.83. The summed E-state index contributed by atoms with van der Waals surface area (Å²) in [6.45, 7) is 6.36. The number of rotatable bonds is 2. The molecule has 3 nitrogen and oxygen atoms in total. The molecule has 96 valence electrons. The molecule has 18 heavy (non-hydrogen) atoms. The van der Waals surface area contributed by atoms with Gasteiger partial charge in [-0.3, -0.25) is 0 Å². The van der Waals surface area contributed by atoms with Gasteiger partial charge in [0.2, 0.25) is 0 Å². The van der Waals surface area contributed by atoms with Crippen LogP contribution in [0.3, 0.4) is 0 Å². The van der Waals surface area contributed by atoms with Crippen molar-refractivity contribution in [2.24, 2.45) is 0 Å². The Bertz CT molecular complexity index is 538. The van der Waals surface area contributed by atoms with E-state index in [2.05, 4.69) is 29.5 Å². The highest BCUT2D eigenvalue weighted by molar-refractivity contribution is 7.16. The molecule has 1 atom stereocenters. The van der Waals surface area contributed by atoms with Crippen molar-refractivity contribution in [2.45, 2.75) is 32.6 Å². The first kappa shape index (κ1) is 12.3. The van der Waals surface area contributed by atoms with Gasteiger partial charge in [0.25, 0.3) is 0 Å². The van der Waals surface area contributed by atoms with Gasteiger partial charge in [-0.25, -0.2) is 9.97 Å². The van der Waals surface area contributed by atoms with Crippen molar-refractivity contribution in [1.29, 1.82) is 0 Å². The Morgan fingerprint density at radius 2 is 2.22 bits per heavy atom. The minimum absolute atomic E-state index is 0.604. The van der Waals surface area contributed by atoms with Gasteiger partial charge in [0.05, 0.1) is 26.3 Å². The molecular formula is C13H17N3S2. The number of hydrogen-bond acceptors (Lipinski definition) is 5. The molecule has 1 aliphatic heterocycles. The normalized spacial score (nSPS) is 20.2. The quantitative estimate of drug-likeness (QED) is 0.916. The molecule has 2 aromatic rings. The first-order valence-corrected chi connectivity index (χ1v) is 8.04. The number of thiazole rings is 2. The summed E-state index contributed by atoms with van der Waals surface area (Å²) in [5.41, 5.74) is 2.22.